The number of aromatic amines is 1. The van der Waals surface area contributed by atoms with Gasteiger partial charge in [0.1, 0.15) is 0 Å². The Hall–Kier alpha value is -0.771. The molecule has 0 fully saturated rings. The Morgan fingerprint density at radius 3 is 1.96 bits per heavy atom. The Balaban J connectivity index is 2.53. The molecule has 1 N–H and O–H groups in total. The van der Waals surface area contributed by atoms with Crippen LogP contribution in [0.2, 0.25) is 13.3 Å². The quantitative estimate of drug-likeness (QED) is 0.487. The topological polar surface area (TPSA) is 32.9 Å². The Morgan fingerprint density at radius 2 is 1.42 bits per heavy atom. The molecule has 1 aromatic carbocycles. The van der Waals surface area contributed by atoms with Gasteiger partial charge in [-0.25, -0.2) is 0 Å². The van der Waals surface area contributed by atoms with E-state index >= 15 is 0 Å². The van der Waals surface area contributed by atoms with Crippen molar-refractivity contribution in [3.8, 4) is 0 Å². The third-order valence-corrected chi connectivity index (χ3v) is 20.9. The summed E-state index contributed by atoms with van der Waals surface area (Å²) in [5.74, 6) is 0. The van der Waals surface area contributed by atoms with Gasteiger partial charge in [0.15, 0.2) is 0 Å². The van der Waals surface area contributed by atoms with Gasteiger partial charge < -0.3 is 0 Å². The van der Waals surface area contributed by atoms with Crippen LogP contribution in [-0.2, 0) is 0 Å². The van der Waals surface area contributed by atoms with E-state index in [9.17, 15) is 4.79 Å². The molecule has 3 heteroatoms. The van der Waals surface area contributed by atoms with E-state index in [2.05, 4.69) is 44.0 Å². The predicted molar refractivity (Wildman–Crippen MR) is 109 cm³/mol. The summed E-state index contributed by atoms with van der Waals surface area (Å²) in [7, 11) is 0. The third-order valence-electron chi connectivity index (χ3n) is 5.35. The molecule has 0 saturated carbocycles. The molecule has 1 aromatic heterocycles. The Bertz CT molecular complexity index is 670. The number of aromatic nitrogens is 1. The van der Waals surface area contributed by atoms with Crippen molar-refractivity contribution in [3.63, 3.8) is 0 Å². The number of benzene rings is 1. The van der Waals surface area contributed by atoms with E-state index in [1.165, 1.54) is 60.8 Å². The fourth-order valence-electron chi connectivity index (χ4n) is 3.87. The predicted octanol–water partition coefficient (Wildman–Crippen LogP) is 5.58. The number of unbranched alkanes of at least 4 members (excludes halogenated alkanes) is 3. The van der Waals surface area contributed by atoms with Crippen LogP contribution >= 0.6 is 0 Å². The van der Waals surface area contributed by atoms with Crippen molar-refractivity contribution in [1.29, 1.82) is 0 Å². The van der Waals surface area contributed by atoms with Crippen molar-refractivity contribution >= 4 is 32.9 Å². The average Bonchev–Trinajstić information content (AvgIpc) is 2.61. The number of rotatable bonds is 10. The third kappa shape index (κ3) is 4.65. The van der Waals surface area contributed by atoms with E-state index in [4.69, 9.17) is 0 Å². The SMILES string of the molecule is CCC[CH2][Sn]([CH2]CCC)([CH2]CCC)[c]1cc2ccccc2[nH]c1=O. The zero-order valence-electron chi connectivity index (χ0n) is 15.7. The molecule has 0 aliphatic carbocycles. The van der Waals surface area contributed by atoms with Crippen molar-refractivity contribution in [2.24, 2.45) is 0 Å². The summed E-state index contributed by atoms with van der Waals surface area (Å²) in [6, 6.07) is 10.5. The van der Waals surface area contributed by atoms with Crippen LogP contribution in [0.4, 0.5) is 0 Å². The van der Waals surface area contributed by atoms with Gasteiger partial charge in [-0.15, -0.1) is 0 Å². The number of H-pyrrole nitrogens is 1. The molecule has 0 bridgehead atoms. The molecule has 0 radical (unpaired) electrons. The van der Waals surface area contributed by atoms with Crippen LogP contribution in [0.3, 0.4) is 0 Å². The first kappa shape index (κ1) is 19.6. The van der Waals surface area contributed by atoms with Gasteiger partial charge in [-0.1, -0.05) is 0 Å². The zero-order valence-corrected chi connectivity index (χ0v) is 18.5. The van der Waals surface area contributed by atoms with Gasteiger partial charge in [-0.2, -0.15) is 0 Å². The number of nitrogens with one attached hydrogen (secondary N) is 1. The van der Waals surface area contributed by atoms with E-state index in [1.807, 2.05) is 12.1 Å². The second-order valence-electron chi connectivity index (χ2n) is 7.19. The first-order valence-corrected chi connectivity index (χ1v) is 17.3. The van der Waals surface area contributed by atoms with Crippen molar-refractivity contribution in [2.75, 3.05) is 0 Å². The number of para-hydroxylation sites is 1. The zero-order chi connectivity index (χ0) is 17.4. The molecule has 0 atom stereocenters. The van der Waals surface area contributed by atoms with Gasteiger partial charge in [-0.05, 0) is 0 Å². The van der Waals surface area contributed by atoms with Crippen LogP contribution in [0.5, 0.6) is 0 Å². The molecule has 0 saturated heterocycles. The summed E-state index contributed by atoms with van der Waals surface area (Å²) < 4.78 is 5.25. The molecule has 2 aromatic rings. The van der Waals surface area contributed by atoms with Crippen molar-refractivity contribution in [2.45, 2.75) is 72.6 Å². The normalized spacial score (nSPS) is 12.0. The molecule has 1 heterocycles. The second kappa shape index (κ2) is 9.64. The number of fused-ring (bicyclic) bond motifs is 1. The summed E-state index contributed by atoms with van der Waals surface area (Å²) >= 11 is -2.65. The molecule has 0 aliphatic rings. The van der Waals surface area contributed by atoms with Crippen LogP contribution in [0.1, 0.15) is 59.3 Å². The Labute approximate surface area is 150 Å². The molecule has 2 nitrogen and oxygen atoms in total. The summed E-state index contributed by atoms with van der Waals surface area (Å²) in [5.41, 5.74) is 1.20. The van der Waals surface area contributed by atoms with Gasteiger partial charge in [0.2, 0.25) is 0 Å². The van der Waals surface area contributed by atoms with Crippen molar-refractivity contribution in [1.82, 2.24) is 4.98 Å². The van der Waals surface area contributed by atoms with Crippen molar-refractivity contribution < 1.29 is 0 Å². The summed E-state index contributed by atoms with van der Waals surface area (Å²) in [6.45, 7) is 6.84. The fraction of sp³-hybridized carbons (Fsp3) is 0.571. The number of hydrogen-bond donors (Lipinski definition) is 1. The summed E-state index contributed by atoms with van der Waals surface area (Å²) in [5, 5.41) is 1.21. The van der Waals surface area contributed by atoms with E-state index in [-0.39, 0.29) is 5.56 Å². The van der Waals surface area contributed by atoms with Crippen LogP contribution in [0, 0.1) is 0 Å². The first-order chi connectivity index (χ1) is 11.7. The molecule has 24 heavy (non-hydrogen) atoms. The molecule has 0 spiro atoms. The summed E-state index contributed by atoms with van der Waals surface area (Å²) in [4.78, 5) is 16.2. The van der Waals surface area contributed by atoms with E-state index in [1.54, 1.807) is 0 Å². The molecule has 0 unspecified atom stereocenters. The van der Waals surface area contributed by atoms with Crippen molar-refractivity contribution in [3.05, 3.63) is 40.7 Å². The van der Waals surface area contributed by atoms with Crippen LogP contribution in [0.15, 0.2) is 35.1 Å². The minimum absolute atomic E-state index is 0.216. The van der Waals surface area contributed by atoms with Gasteiger partial charge in [0.05, 0.1) is 0 Å². The molecule has 2 rings (SSSR count). The molecule has 0 amide bonds. The molecule has 0 aliphatic heterocycles. The average molecular weight is 434 g/mol. The van der Waals surface area contributed by atoms with Crippen LogP contribution in [-0.4, -0.2) is 23.4 Å². The monoisotopic (exact) mass is 435 g/mol. The maximum absolute atomic E-state index is 13.0. The van der Waals surface area contributed by atoms with Gasteiger partial charge >= 0.3 is 151 Å². The maximum atomic E-state index is 13.0. The number of hydrogen-bond acceptors (Lipinski definition) is 1. The van der Waals surface area contributed by atoms with E-state index in [0.29, 0.717) is 0 Å². The number of pyridine rings is 1. The molecular formula is C21H33NOSn. The Kier molecular flexibility index (Phi) is 7.86. The standard InChI is InChI=1S/C9H6NO.3C4H9.Sn/c11-9-6-5-7-3-1-2-4-8(7)10-9;3*1-3-4-2;/h1-5H,(H,10,11);3*1,3-4H2,2H3;. The van der Waals surface area contributed by atoms with E-state index in [0.717, 1.165) is 5.52 Å². The van der Waals surface area contributed by atoms with Crippen LogP contribution < -0.4 is 9.14 Å². The van der Waals surface area contributed by atoms with Gasteiger partial charge in [0, 0.05) is 0 Å². The second-order valence-corrected chi connectivity index (χ2v) is 20.3. The van der Waals surface area contributed by atoms with E-state index < -0.39 is 18.4 Å². The van der Waals surface area contributed by atoms with Gasteiger partial charge in [-0.3, -0.25) is 0 Å². The first-order valence-electron chi connectivity index (χ1n) is 9.79. The van der Waals surface area contributed by atoms with Gasteiger partial charge in [0.25, 0.3) is 0 Å². The summed E-state index contributed by atoms with van der Waals surface area (Å²) in [6.07, 6.45) is 7.58. The molecule has 132 valence electrons. The Morgan fingerprint density at radius 1 is 0.875 bits per heavy atom. The fourth-order valence-corrected chi connectivity index (χ4v) is 20.0. The minimum atomic E-state index is -2.65. The molecular weight excluding hydrogens is 401 g/mol. The van der Waals surface area contributed by atoms with Crippen LogP contribution in [0.25, 0.3) is 10.9 Å².